The summed E-state index contributed by atoms with van der Waals surface area (Å²) in [6.45, 7) is 3.99. The van der Waals surface area contributed by atoms with E-state index in [4.69, 9.17) is 11.6 Å². The Balaban J connectivity index is 1.79. The van der Waals surface area contributed by atoms with Crippen LogP contribution < -0.4 is 10.2 Å². The Labute approximate surface area is 184 Å². The van der Waals surface area contributed by atoms with Crippen LogP contribution in [0.2, 0.25) is 5.02 Å². The predicted octanol–water partition coefficient (Wildman–Crippen LogP) is 5.95. The van der Waals surface area contributed by atoms with Gasteiger partial charge in [0, 0.05) is 10.6 Å². The maximum absolute atomic E-state index is 13.4. The lowest BCUT2D eigenvalue weighted by atomic mass is 10.1. The second kappa shape index (κ2) is 8.38. The normalized spacial score (nSPS) is 13.9. The maximum Gasteiger partial charge on any atom is 0.283 e. The molecule has 6 heteroatoms. The molecule has 2 amide bonds. The van der Waals surface area contributed by atoms with Gasteiger partial charge in [-0.25, -0.2) is 4.90 Å². The lowest BCUT2D eigenvalue weighted by Gasteiger charge is -2.17. The molecule has 0 aromatic heterocycles. The number of amides is 2. The molecule has 1 aliphatic heterocycles. The van der Waals surface area contributed by atoms with Gasteiger partial charge in [0.2, 0.25) is 0 Å². The zero-order valence-corrected chi connectivity index (χ0v) is 18.1. The van der Waals surface area contributed by atoms with Crippen LogP contribution in [-0.4, -0.2) is 11.8 Å². The molecular weight excluding hydrogens is 416 g/mol. The number of thioether (sulfide) groups is 1. The highest BCUT2D eigenvalue weighted by Gasteiger charge is 2.41. The van der Waals surface area contributed by atoms with Gasteiger partial charge in [-0.15, -0.1) is 0 Å². The van der Waals surface area contributed by atoms with E-state index >= 15 is 0 Å². The van der Waals surface area contributed by atoms with Crippen LogP contribution in [0.1, 0.15) is 11.1 Å². The number of carbonyl (C=O) groups is 2. The minimum atomic E-state index is -0.424. The van der Waals surface area contributed by atoms with E-state index in [9.17, 15) is 9.59 Å². The average molecular weight is 435 g/mol. The van der Waals surface area contributed by atoms with E-state index in [1.165, 1.54) is 11.8 Å². The third-order valence-corrected chi connectivity index (χ3v) is 6.37. The molecule has 0 saturated carbocycles. The van der Waals surface area contributed by atoms with Crippen LogP contribution >= 0.6 is 23.4 Å². The fourth-order valence-electron chi connectivity index (χ4n) is 3.19. The van der Waals surface area contributed by atoms with Gasteiger partial charge in [0.15, 0.2) is 0 Å². The molecule has 30 heavy (non-hydrogen) atoms. The van der Waals surface area contributed by atoms with Gasteiger partial charge in [-0.1, -0.05) is 65.8 Å². The van der Waals surface area contributed by atoms with Gasteiger partial charge in [-0.3, -0.25) is 9.59 Å². The molecule has 0 fully saturated rings. The SMILES string of the molecule is Cc1cccc(NC2=C(Sc3ccccc3)C(=O)N(c3ccccc3Cl)C2=O)c1C. The van der Waals surface area contributed by atoms with Crippen molar-refractivity contribution in [1.29, 1.82) is 0 Å². The molecule has 4 nitrogen and oxygen atoms in total. The standard InChI is InChI=1S/C24H19ClN2O2S/c1-15-9-8-13-19(16(15)2)26-21-22(30-17-10-4-3-5-11-17)24(29)27(23(21)28)20-14-7-6-12-18(20)25/h3-14,26H,1-2H3. The number of halogens is 1. The van der Waals surface area contributed by atoms with Crippen molar-refractivity contribution in [2.45, 2.75) is 18.7 Å². The van der Waals surface area contributed by atoms with Gasteiger partial charge in [0.05, 0.1) is 10.7 Å². The van der Waals surface area contributed by atoms with Crippen molar-refractivity contribution >= 4 is 46.6 Å². The monoisotopic (exact) mass is 434 g/mol. The zero-order valence-electron chi connectivity index (χ0n) is 16.5. The molecule has 0 atom stereocenters. The number of aryl methyl sites for hydroxylation is 1. The first kappa shape index (κ1) is 20.3. The fraction of sp³-hybridized carbons (Fsp3) is 0.0833. The van der Waals surface area contributed by atoms with Crippen molar-refractivity contribution in [3.05, 3.63) is 99.5 Å². The maximum atomic E-state index is 13.4. The molecule has 0 saturated heterocycles. The first-order valence-corrected chi connectivity index (χ1v) is 10.6. The highest BCUT2D eigenvalue weighted by molar-refractivity contribution is 8.04. The van der Waals surface area contributed by atoms with Crippen LogP contribution in [0.3, 0.4) is 0 Å². The van der Waals surface area contributed by atoms with Crippen molar-refractivity contribution in [2.75, 3.05) is 10.2 Å². The van der Waals surface area contributed by atoms with Gasteiger partial charge in [-0.05, 0) is 55.3 Å². The lowest BCUT2D eigenvalue weighted by Crippen LogP contribution is -2.32. The number of nitrogens with one attached hydrogen (secondary N) is 1. The molecule has 1 N–H and O–H groups in total. The van der Waals surface area contributed by atoms with Gasteiger partial charge in [0.25, 0.3) is 11.8 Å². The third kappa shape index (κ3) is 3.74. The Hall–Kier alpha value is -3.02. The number of carbonyl (C=O) groups excluding carboxylic acids is 2. The minimum absolute atomic E-state index is 0.252. The van der Waals surface area contributed by atoms with E-state index in [0.717, 1.165) is 26.6 Å². The molecule has 1 aliphatic rings. The van der Waals surface area contributed by atoms with E-state index < -0.39 is 11.8 Å². The largest absolute Gasteiger partial charge is 0.350 e. The number of rotatable bonds is 5. The van der Waals surface area contributed by atoms with Crippen molar-refractivity contribution in [3.8, 4) is 0 Å². The van der Waals surface area contributed by atoms with Gasteiger partial charge in [-0.2, -0.15) is 0 Å². The van der Waals surface area contributed by atoms with Crippen LogP contribution in [0, 0.1) is 13.8 Å². The number of nitrogens with zero attached hydrogens (tertiary/aromatic N) is 1. The van der Waals surface area contributed by atoms with E-state index in [1.54, 1.807) is 24.3 Å². The number of benzene rings is 3. The molecule has 1 heterocycles. The van der Waals surface area contributed by atoms with Crippen LogP contribution in [0.4, 0.5) is 11.4 Å². The summed E-state index contributed by atoms with van der Waals surface area (Å²) in [4.78, 5) is 29.1. The molecule has 150 valence electrons. The van der Waals surface area contributed by atoms with Crippen LogP contribution in [0.5, 0.6) is 0 Å². The van der Waals surface area contributed by atoms with Gasteiger partial charge >= 0.3 is 0 Å². The molecule has 3 aromatic carbocycles. The number of imide groups is 1. The van der Waals surface area contributed by atoms with Crippen molar-refractivity contribution in [2.24, 2.45) is 0 Å². The number of para-hydroxylation sites is 1. The molecule has 0 bridgehead atoms. The van der Waals surface area contributed by atoms with E-state index in [1.807, 2.05) is 62.4 Å². The quantitative estimate of drug-likeness (QED) is 0.504. The van der Waals surface area contributed by atoms with E-state index in [2.05, 4.69) is 5.32 Å². The Morgan fingerprint density at radius 1 is 0.833 bits per heavy atom. The van der Waals surface area contributed by atoms with Gasteiger partial charge in [0.1, 0.15) is 10.6 Å². The van der Waals surface area contributed by atoms with E-state index in [-0.39, 0.29) is 5.70 Å². The third-order valence-electron chi connectivity index (χ3n) is 4.96. The minimum Gasteiger partial charge on any atom is -0.350 e. The van der Waals surface area contributed by atoms with Crippen LogP contribution in [0.25, 0.3) is 0 Å². The molecular formula is C24H19ClN2O2S. The zero-order chi connectivity index (χ0) is 21.3. The summed E-state index contributed by atoms with van der Waals surface area (Å²) in [5, 5.41) is 3.57. The summed E-state index contributed by atoms with van der Waals surface area (Å²) >= 11 is 7.57. The van der Waals surface area contributed by atoms with Crippen molar-refractivity contribution < 1.29 is 9.59 Å². The summed E-state index contributed by atoms with van der Waals surface area (Å²) in [6, 6.07) is 22.2. The number of hydrogen-bond acceptors (Lipinski definition) is 4. The Bertz CT molecular complexity index is 1170. The first-order chi connectivity index (χ1) is 14.5. The molecule has 0 spiro atoms. The second-order valence-corrected chi connectivity index (χ2v) is 8.38. The van der Waals surface area contributed by atoms with Crippen molar-refractivity contribution in [3.63, 3.8) is 0 Å². The predicted molar refractivity (Wildman–Crippen MR) is 123 cm³/mol. The summed E-state index contributed by atoms with van der Waals surface area (Å²) in [7, 11) is 0. The summed E-state index contributed by atoms with van der Waals surface area (Å²) in [5.74, 6) is -0.817. The molecule has 0 unspecified atom stereocenters. The Morgan fingerprint density at radius 3 is 2.27 bits per heavy atom. The average Bonchev–Trinajstić information content (AvgIpc) is 2.96. The summed E-state index contributed by atoms with van der Waals surface area (Å²) in [5.41, 5.74) is 3.53. The summed E-state index contributed by atoms with van der Waals surface area (Å²) in [6.07, 6.45) is 0. The molecule has 4 rings (SSSR count). The molecule has 3 aromatic rings. The second-order valence-electron chi connectivity index (χ2n) is 6.89. The van der Waals surface area contributed by atoms with Crippen molar-refractivity contribution in [1.82, 2.24) is 0 Å². The Kier molecular flexibility index (Phi) is 5.66. The molecule has 0 aliphatic carbocycles. The van der Waals surface area contributed by atoms with E-state index in [0.29, 0.717) is 15.6 Å². The highest BCUT2D eigenvalue weighted by Crippen LogP contribution is 2.39. The highest BCUT2D eigenvalue weighted by atomic mass is 35.5. The van der Waals surface area contributed by atoms with Crippen LogP contribution in [0.15, 0.2) is 88.3 Å². The topological polar surface area (TPSA) is 49.4 Å². The summed E-state index contributed by atoms with van der Waals surface area (Å²) < 4.78 is 0. The Morgan fingerprint density at radius 2 is 1.53 bits per heavy atom. The van der Waals surface area contributed by atoms with Crippen LogP contribution in [-0.2, 0) is 9.59 Å². The number of hydrogen-bond donors (Lipinski definition) is 1. The lowest BCUT2D eigenvalue weighted by molar-refractivity contribution is -0.120. The first-order valence-electron chi connectivity index (χ1n) is 9.41. The van der Waals surface area contributed by atoms with Gasteiger partial charge < -0.3 is 5.32 Å². The smallest absolute Gasteiger partial charge is 0.283 e. The molecule has 0 radical (unpaired) electrons. The number of anilines is 2. The fourth-order valence-corrected chi connectivity index (χ4v) is 4.36.